The maximum Gasteiger partial charge on any atom is 0.345 e. The van der Waals surface area contributed by atoms with Crippen molar-refractivity contribution in [2.75, 3.05) is 0 Å². The molecule has 12 heteroatoms. The van der Waals surface area contributed by atoms with Crippen LogP contribution in [0, 0.1) is 34.6 Å². The smallest absolute Gasteiger partial charge is 0.345 e. The van der Waals surface area contributed by atoms with Gasteiger partial charge in [-0.25, -0.2) is 28.1 Å². The topological polar surface area (TPSA) is 165 Å². The predicted molar refractivity (Wildman–Crippen MR) is 210 cm³/mol. The van der Waals surface area contributed by atoms with Gasteiger partial charge in [-0.15, -0.1) is 15.8 Å². The van der Waals surface area contributed by atoms with E-state index in [0.717, 1.165) is 47.1 Å². The SMILES string of the molecule is N#COc1ccc(Cc2ccc(-n3c(=O)n(-c4ccc(Cc5ccc(OC#N)cc5)cc4)c(=O)n(-c4ccc(Cc5ccc(OC#N)cc5)cc4)c3=O)cc2)cc1. The second kappa shape index (κ2) is 16.7. The molecule has 276 valence electrons. The lowest BCUT2D eigenvalue weighted by atomic mass is 10.0. The third-order valence-corrected chi connectivity index (χ3v) is 9.22. The molecule has 0 spiro atoms. The molecule has 7 rings (SSSR count). The van der Waals surface area contributed by atoms with Gasteiger partial charge in [-0.2, -0.15) is 0 Å². The van der Waals surface area contributed by atoms with E-state index in [9.17, 15) is 14.4 Å². The number of benzene rings is 6. The molecule has 0 aliphatic carbocycles. The summed E-state index contributed by atoms with van der Waals surface area (Å²) in [6, 6.07) is 42.1. The molecular weight excluding hydrogens is 721 g/mol. The molecule has 0 radical (unpaired) electrons. The van der Waals surface area contributed by atoms with Crippen molar-refractivity contribution in [2.45, 2.75) is 19.3 Å². The van der Waals surface area contributed by atoms with Gasteiger partial charge in [0.1, 0.15) is 17.2 Å². The number of ether oxygens (including phenoxy) is 3. The van der Waals surface area contributed by atoms with Crippen LogP contribution in [-0.2, 0) is 19.3 Å². The Kier molecular flexibility index (Phi) is 10.8. The van der Waals surface area contributed by atoms with Crippen LogP contribution in [-0.4, -0.2) is 13.7 Å². The van der Waals surface area contributed by atoms with E-state index in [0.29, 0.717) is 36.5 Å². The Morgan fingerprint density at radius 1 is 0.333 bits per heavy atom. The molecule has 0 N–H and O–H groups in total. The molecule has 0 bridgehead atoms. The van der Waals surface area contributed by atoms with Gasteiger partial charge in [0.05, 0.1) is 17.1 Å². The zero-order valence-corrected chi connectivity index (χ0v) is 30.1. The van der Waals surface area contributed by atoms with Crippen LogP contribution in [0.15, 0.2) is 160 Å². The van der Waals surface area contributed by atoms with E-state index in [2.05, 4.69) is 0 Å². The number of nitriles is 3. The Morgan fingerprint density at radius 2 is 0.526 bits per heavy atom. The van der Waals surface area contributed by atoms with Crippen molar-refractivity contribution >= 4 is 0 Å². The maximum atomic E-state index is 14.3. The molecule has 0 amide bonds. The maximum absolute atomic E-state index is 14.3. The minimum absolute atomic E-state index is 0.273. The lowest BCUT2D eigenvalue weighted by molar-refractivity contribution is 0.506. The summed E-state index contributed by atoms with van der Waals surface area (Å²) < 4.78 is 17.5. The monoisotopic (exact) mass is 750 g/mol. The second-order valence-electron chi connectivity index (χ2n) is 12.9. The zero-order chi connectivity index (χ0) is 39.7. The summed E-state index contributed by atoms with van der Waals surface area (Å²) in [5.74, 6) is 1.30. The lowest BCUT2D eigenvalue weighted by Gasteiger charge is -2.15. The summed E-state index contributed by atoms with van der Waals surface area (Å²) in [5.41, 5.74) is 3.92. The van der Waals surface area contributed by atoms with E-state index in [1.807, 2.05) is 72.8 Å². The minimum Gasteiger partial charge on any atom is -0.388 e. The first kappa shape index (κ1) is 36.9. The van der Waals surface area contributed by atoms with Crippen LogP contribution in [0.2, 0.25) is 0 Å². The first-order chi connectivity index (χ1) is 27.8. The highest BCUT2D eigenvalue weighted by Gasteiger charge is 2.20. The third kappa shape index (κ3) is 8.39. The van der Waals surface area contributed by atoms with Crippen molar-refractivity contribution < 1.29 is 14.2 Å². The molecule has 0 saturated heterocycles. The molecule has 0 aliphatic rings. The Labute approximate surface area is 325 Å². The van der Waals surface area contributed by atoms with Crippen LogP contribution in [0.5, 0.6) is 17.2 Å². The summed E-state index contributed by atoms with van der Waals surface area (Å²) in [6.07, 6.45) is 6.57. The van der Waals surface area contributed by atoms with Gasteiger partial charge < -0.3 is 14.2 Å². The summed E-state index contributed by atoms with van der Waals surface area (Å²) in [5, 5.41) is 26.3. The average Bonchev–Trinajstić information content (AvgIpc) is 3.22. The Balaban J connectivity index is 1.25. The average molecular weight is 751 g/mol. The Morgan fingerprint density at radius 3 is 0.719 bits per heavy atom. The molecule has 0 saturated carbocycles. The highest BCUT2D eigenvalue weighted by Crippen LogP contribution is 2.20. The summed E-state index contributed by atoms with van der Waals surface area (Å²) in [7, 11) is 0. The molecule has 6 aromatic carbocycles. The van der Waals surface area contributed by atoms with Gasteiger partial charge >= 0.3 is 17.1 Å². The highest BCUT2D eigenvalue weighted by molar-refractivity contribution is 5.43. The Bertz CT molecular complexity index is 2490. The van der Waals surface area contributed by atoms with Crippen LogP contribution in [0.1, 0.15) is 33.4 Å². The molecular formula is C45H30N6O6. The summed E-state index contributed by atoms with van der Waals surface area (Å²) >= 11 is 0. The molecule has 0 atom stereocenters. The van der Waals surface area contributed by atoms with Crippen LogP contribution in [0.3, 0.4) is 0 Å². The fraction of sp³-hybridized carbons (Fsp3) is 0.0667. The van der Waals surface area contributed by atoms with Gasteiger partial charge in [-0.3, -0.25) is 0 Å². The molecule has 1 aromatic heterocycles. The van der Waals surface area contributed by atoms with Gasteiger partial charge in [-0.1, -0.05) is 72.8 Å². The second-order valence-corrected chi connectivity index (χ2v) is 12.9. The van der Waals surface area contributed by atoms with E-state index in [-0.39, 0.29) is 17.1 Å². The first-order valence-corrected chi connectivity index (χ1v) is 17.6. The van der Waals surface area contributed by atoms with Crippen molar-refractivity contribution in [1.29, 1.82) is 15.8 Å². The number of nitrogens with zero attached hydrogens (tertiary/aromatic N) is 6. The van der Waals surface area contributed by atoms with E-state index < -0.39 is 17.1 Å². The number of hydrogen-bond acceptors (Lipinski definition) is 9. The molecule has 12 nitrogen and oxygen atoms in total. The Hall–Kier alpha value is -8.40. The largest absolute Gasteiger partial charge is 0.388 e. The fourth-order valence-corrected chi connectivity index (χ4v) is 6.39. The van der Waals surface area contributed by atoms with Crippen LogP contribution < -0.4 is 31.3 Å². The molecule has 0 fully saturated rings. The van der Waals surface area contributed by atoms with E-state index in [1.54, 1.807) is 91.6 Å². The summed E-state index contributed by atoms with van der Waals surface area (Å²) in [6.45, 7) is 0. The molecule has 0 aliphatic heterocycles. The van der Waals surface area contributed by atoms with E-state index in [1.165, 1.54) is 0 Å². The van der Waals surface area contributed by atoms with Gasteiger partial charge in [0.25, 0.3) is 18.8 Å². The number of hydrogen-bond donors (Lipinski definition) is 0. The van der Waals surface area contributed by atoms with Gasteiger partial charge in [0.15, 0.2) is 0 Å². The summed E-state index contributed by atoms with van der Waals surface area (Å²) in [4.78, 5) is 42.8. The number of rotatable bonds is 12. The van der Waals surface area contributed by atoms with Crippen molar-refractivity contribution in [3.63, 3.8) is 0 Å². The number of aromatic nitrogens is 3. The van der Waals surface area contributed by atoms with E-state index in [4.69, 9.17) is 30.0 Å². The fourth-order valence-electron chi connectivity index (χ4n) is 6.39. The van der Waals surface area contributed by atoms with Crippen LogP contribution >= 0.6 is 0 Å². The van der Waals surface area contributed by atoms with Crippen LogP contribution in [0.25, 0.3) is 17.1 Å². The van der Waals surface area contributed by atoms with Crippen molar-refractivity contribution in [2.24, 2.45) is 0 Å². The predicted octanol–water partition coefficient (Wildman–Crippen LogP) is 6.49. The van der Waals surface area contributed by atoms with Crippen molar-refractivity contribution in [3.05, 3.63) is 210 Å². The lowest BCUT2D eigenvalue weighted by Crippen LogP contribution is -2.52. The molecule has 57 heavy (non-hydrogen) atoms. The molecule has 7 aromatic rings. The van der Waals surface area contributed by atoms with Crippen LogP contribution in [0.4, 0.5) is 0 Å². The standard InChI is InChI=1S/C45H30N6O6/c46-28-55-40-19-7-34(8-20-40)25-31-1-13-37(14-2-31)49-43(52)50(38-15-3-32(4-16-38)26-35-9-21-41(22-10-35)56-29-47)45(54)51(44(49)53)39-17-5-33(6-18-39)27-36-11-23-42(24-12-36)57-30-48/h1-24H,25-27H2. The zero-order valence-electron chi connectivity index (χ0n) is 30.1. The normalized spacial score (nSPS) is 10.5. The van der Waals surface area contributed by atoms with Crippen molar-refractivity contribution in [3.8, 4) is 53.1 Å². The van der Waals surface area contributed by atoms with Gasteiger partial charge in [0.2, 0.25) is 0 Å². The van der Waals surface area contributed by atoms with Gasteiger partial charge in [-0.05, 0) is 125 Å². The molecule has 1 heterocycles. The molecule has 0 unspecified atom stereocenters. The highest BCUT2D eigenvalue weighted by atomic mass is 16.5. The van der Waals surface area contributed by atoms with Crippen molar-refractivity contribution in [1.82, 2.24) is 13.7 Å². The first-order valence-electron chi connectivity index (χ1n) is 17.6. The minimum atomic E-state index is -0.830. The third-order valence-electron chi connectivity index (χ3n) is 9.22. The van der Waals surface area contributed by atoms with Gasteiger partial charge in [0, 0.05) is 0 Å². The van der Waals surface area contributed by atoms with E-state index >= 15 is 0 Å². The quantitative estimate of drug-likeness (QED) is 0.127.